The van der Waals surface area contributed by atoms with Crippen LogP contribution in [0.15, 0.2) is 53.0 Å². The van der Waals surface area contributed by atoms with Gasteiger partial charge in [0.1, 0.15) is 12.4 Å². The molecule has 0 fully saturated rings. The van der Waals surface area contributed by atoms with Gasteiger partial charge in [-0.3, -0.25) is 0 Å². The third-order valence-electron chi connectivity index (χ3n) is 2.65. The van der Waals surface area contributed by atoms with E-state index >= 15 is 0 Å². The molecule has 2 aromatic carbocycles. The fraction of sp³-hybridized carbons (Fsp3) is 0.133. The summed E-state index contributed by atoms with van der Waals surface area (Å²) in [5, 5.41) is 2.62. The molecule has 1 amide bonds. The Morgan fingerprint density at radius 3 is 2.65 bits per heavy atom. The molecular weight excluding hydrogens is 325 g/mol. The van der Waals surface area contributed by atoms with Crippen LogP contribution in [0.1, 0.15) is 11.1 Å². The van der Waals surface area contributed by atoms with E-state index < -0.39 is 6.09 Å². The molecule has 0 spiro atoms. The van der Waals surface area contributed by atoms with Gasteiger partial charge in [-0.05, 0) is 23.3 Å². The first-order valence-electron chi connectivity index (χ1n) is 6.03. The van der Waals surface area contributed by atoms with Gasteiger partial charge < -0.3 is 10.1 Å². The summed E-state index contributed by atoms with van der Waals surface area (Å²) in [7, 11) is 0. The molecule has 2 rings (SSSR count). The van der Waals surface area contributed by atoms with Crippen molar-refractivity contribution in [1.82, 2.24) is 5.32 Å². The second-order valence-electron chi connectivity index (χ2n) is 4.15. The van der Waals surface area contributed by atoms with Crippen LogP contribution < -0.4 is 5.32 Å². The minimum Gasteiger partial charge on any atom is -0.445 e. The Balaban J connectivity index is 1.80. The maximum absolute atomic E-state index is 12.9. The van der Waals surface area contributed by atoms with Crippen LogP contribution in [0.25, 0.3) is 0 Å². The lowest BCUT2D eigenvalue weighted by molar-refractivity contribution is 0.139. The van der Waals surface area contributed by atoms with Crippen LogP contribution in [0, 0.1) is 5.82 Å². The summed E-state index contributed by atoms with van der Waals surface area (Å²) >= 11 is 3.24. The van der Waals surface area contributed by atoms with Crippen molar-refractivity contribution < 1.29 is 13.9 Å². The lowest BCUT2D eigenvalue weighted by Crippen LogP contribution is -2.23. The zero-order valence-electron chi connectivity index (χ0n) is 10.6. The van der Waals surface area contributed by atoms with Crippen molar-refractivity contribution >= 4 is 22.0 Å². The molecule has 0 saturated carbocycles. The largest absolute Gasteiger partial charge is 0.445 e. The summed E-state index contributed by atoms with van der Waals surface area (Å²) in [5.41, 5.74) is 1.70. The minimum absolute atomic E-state index is 0.220. The number of nitrogens with one attached hydrogen (secondary N) is 1. The number of hydrogen-bond acceptors (Lipinski definition) is 2. The first kappa shape index (κ1) is 14.5. The Bertz CT molecular complexity index is 590. The standard InChI is InChI=1S/C15H13BrFNO2/c16-14-8-13(17)7-6-12(14)9-18-15(19)20-10-11-4-2-1-3-5-11/h1-8H,9-10H2,(H,18,19). The van der Waals surface area contributed by atoms with Crippen LogP contribution in [0.4, 0.5) is 9.18 Å². The number of amides is 1. The number of rotatable bonds is 4. The molecular formula is C15H13BrFNO2. The van der Waals surface area contributed by atoms with Crippen molar-refractivity contribution in [3.8, 4) is 0 Å². The van der Waals surface area contributed by atoms with Gasteiger partial charge in [-0.2, -0.15) is 0 Å². The summed E-state index contributed by atoms with van der Waals surface area (Å²) in [5.74, 6) is -0.327. The number of carbonyl (C=O) groups excluding carboxylic acids is 1. The van der Waals surface area contributed by atoms with Crippen molar-refractivity contribution in [2.45, 2.75) is 13.2 Å². The van der Waals surface area contributed by atoms with Crippen LogP contribution in [0.5, 0.6) is 0 Å². The Morgan fingerprint density at radius 2 is 1.95 bits per heavy atom. The van der Waals surface area contributed by atoms with Crippen LogP contribution in [-0.4, -0.2) is 6.09 Å². The lowest BCUT2D eigenvalue weighted by atomic mass is 10.2. The minimum atomic E-state index is -0.509. The highest BCUT2D eigenvalue weighted by Gasteiger charge is 2.05. The van der Waals surface area contributed by atoms with Crippen LogP contribution in [0.3, 0.4) is 0 Å². The third-order valence-corrected chi connectivity index (χ3v) is 3.39. The summed E-state index contributed by atoms with van der Waals surface area (Å²) in [6.45, 7) is 0.492. The van der Waals surface area contributed by atoms with E-state index in [1.807, 2.05) is 30.3 Å². The monoisotopic (exact) mass is 337 g/mol. The second-order valence-corrected chi connectivity index (χ2v) is 5.01. The van der Waals surface area contributed by atoms with Crippen molar-refractivity contribution in [3.05, 3.63) is 69.9 Å². The van der Waals surface area contributed by atoms with Gasteiger partial charge in [0, 0.05) is 11.0 Å². The third kappa shape index (κ3) is 4.35. The van der Waals surface area contributed by atoms with Gasteiger partial charge in [-0.25, -0.2) is 9.18 Å². The van der Waals surface area contributed by atoms with Gasteiger partial charge in [-0.15, -0.1) is 0 Å². The molecule has 0 aliphatic heterocycles. The number of benzene rings is 2. The van der Waals surface area contributed by atoms with Gasteiger partial charge >= 0.3 is 6.09 Å². The Labute approximate surface area is 124 Å². The lowest BCUT2D eigenvalue weighted by Gasteiger charge is -2.08. The number of hydrogen-bond donors (Lipinski definition) is 1. The highest BCUT2D eigenvalue weighted by atomic mass is 79.9. The normalized spacial score (nSPS) is 10.1. The first-order chi connectivity index (χ1) is 9.65. The fourth-order valence-electron chi connectivity index (χ4n) is 1.61. The fourth-order valence-corrected chi connectivity index (χ4v) is 2.10. The van der Waals surface area contributed by atoms with Gasteiger partial charge in [0.2, 0.25) is 0 Å². The van der Waals surface area contributed by atoms with E-state index in [1.54, 1.807) is 6.07 Å². The Hall–Kier alpha value is -1.88. The number of alkyl carbamates (subject to hydrolysis) is 1. The second kappa shape index (κ2) is 7.05. The molecule has 0 aliphatic rings. The molecule has 0 atom stereocenters. The molecule has 1 N–H and O–H groups in total. The van der Waals surface area contributed by atoms with Gasteiger partial charge in [0.15, 0.2) is 0 Å². The highest BCUT2D eigenvalue weighted by Crippen LogP contribution is 2.17. The summed E-state index contributed by atoms with van der Waals surface area (Å²) < 4.78 is 18.6. The molecule has 0 aliphatic carbocycles. The molecule has 0 radical (unpaired) electrons. The predicted molar refractivity (Wildman–Crippen MR) is 77.6 cm³/mol. The number of halogens is 2. The van der Waals surface area contributed by atoms with E-state index in [4.69, 9.17) is 4.74 Å². The maximum atomic E-state index is 12.9. The van der Waals surface area contributed by atoms with Gasteiger partial charge in [-0.1, -0.05) is 52.3 Å². The van der Waals surface area contributed by atoms with Crippen LogP contribution in [-0.2, 0) is 17.9 Å². The van der Waals surface area contributed by atoms with Crippen molar-refractivity contribution in [3.63, 3.8) is 0 Å². The Morgan fingerprint density at radius 1 is 1.20 bits per heavy atom. The quantitative estimate of drug-likeness (QED) is 0.915. The summed E-state index contributed by atoms with van der Waals surface area (Å²) in [6.07, 6.45) is -0.509. The molecule has 0 saturated heterocycles. The molecule has 0 heterocycles. The molecule has 2 aromatic rings. The molecule has 0 bridgehead atoms. The maximum Gasteiger partial charge on any atom is 0.407 e. The molecule has 0 aromatic heterocycles. The predicted octanol–water partition coefficient (Wildman–Crippen LogP) is 4.01. The number of carbonyl (C=O) groups is 1. The highest BCUT2D eigenvalue weighted by molar-refractivity contribution is 9.10. The van der Waals surface area contributed by atoms with E-state index in [2.05, 4.69) is 21.2 Å². The van der Waals surface area contributed by atoms with E-state index in [1.165, 1.54) is 12.1 Å². The van der Waals surface area contributed by atoms with Crippen LogP contribution >= 0.6 is 15.9 Å². The first-order valence-corrected chi connectivity index (χ1v) is 6.83. The average Bonchev–Trinajstić information content (AvgIpc) is 2.45. The average molecular weight is 338 g/mol. The van der Waals surface area contributed by atoms with Gasteiger partial charge in [0.05, 0.1) is 0 Å². The van der Waals surface area contributed by atoms with E-state index in [0.29, 0.717) is 4.47 Å². The SMILES string of the molecule is O=C(NCc1ccc(F)cc1Br)OCc1ccccc1. The zero-order chi connectivity index (χ0) is 14.4. The topological polar surface area (TPSA) is 38.3 Å². The zero-order valence-corrected chi connectivity index (χ0v) is 12.2. The number of ether oxygens (including phenoxy) is 1. The molecule has 3 nitrogen and oxygen atoms in total. The van der Waals surface area contributed by atoms with E-state index in [0.717, 1.165) is 11.1 Å². The Kier molecular flexibility index (Phi) is 5.12. The molecule has 5 heteroatoms. The molecule has 104 valence electrons. The summed E-state index contributed by atoms with van der Waals surface area (Å²) in [6, 6.07) is 13.7. The van der Waals surface area contributed by atoms with Crippen molar-refractivity contribution in [2.24, 2.45) is 0 Å². The van der Waals surface area contributed by atoms with Crippen molar-refractivity contribution in [1.29, 1.82) is 0 Å². The van der Waals surface area contributed by atoms with Crippen LogP contribution in [0.2, 0.25) is 0 Å². The summed E-state index contributed by atoms with van der Waals surface area (Å²) in [4.78, 5) is 11.5. The van der Waals surface area contributed by atoms with E-state index in [-0.39, 0.29) is 19.0 Å². The molecule has 20 heavy (non-hydrogen) atoms. The van der Waals surface area contributed by atoms with Crippen molar-refractivity contribution in [2.75, 3.05) is 0 Å². The van der Waals surface area contributed by atoms with Gasteiger partial charge in [0.25, 0.3) is 0 Å². The smallest absolute Gasteiger partial charge is 0.407 e. The van der Waals surface area contributed by atoms with E-state index in [9.17, 15) is 9.18 Å². The molecule has 0 unspecified atom stereocenters.